The lowest BCUT2D eigenvalue weighted by atomic mass is 10.3. The molecule has 84 valence electrons. The maximum absolute atomic E-state index is 5.59. The van der Waals surface area contributed by atoms with E-state index in [1.165, 1.54) is 0 Å². The number of nitrogens with zero attached hydrogens (tertiary/aromatic N) is 3. The Labute approximate surface area is 106 Å². The number of aryl methyl sites for hydroxylation is 1. The van der Waals surface area contributed by atoms with Crippen LogP contribution in [0.4, 0.5) is 0 Å². The molecule has 0 atom stereocenters. The van der Waals surface area contributed by atoms with Gasteiger partial charge in [0.1, 0.15) is 0 Å². The molecule has 0 spiro atoms. The maximum Gasteiger partial charge on any atom is 0.227 e. The van der Waals surface area contributed by atoms with Gasteiger partial charge in [-0.2, -0.15) is 4.98 Å². The fourth-order valence-corrected chi connectivity index (χ4v) is 1.72. The van der Waals surface area contributed by atoms with Crippen molar-refractivity contribution in [1.29, 1.82) is 0 Å². The van der Waals surface area contributed by atoms with Crippen molar-refractivity contribution in [3.8, 4) is 11.4 Å². The van der Waals surface area contributed by atoms with E-state index in [0.717, 1.165) is 16.5 Å². The van der Waals surface area contributed by atoms with E-state index in [1.807, 2.05) is 6.07 Å². The zero-order valence-corrected chi connectivity index (χ0v) is 10.7. The van der Waals surface area contributed by atoms with Gasteiger partial charge >= 0.3 is 0 Å². The summed E-state index contributed by atoms with van der Waals surface area (Å²) in [7, 11) is 0. The Balaban J connectivity index is 2.18. The molecule has 2 aromatic rings. The highest BCUT2D eigenvalue weighted by atomic mass is 79.9. The van der Waals surface area contributed by atoms with E-state index in [-0.39, 0.29) is 0 Å². The summed E-state index contributed by atoms with van der Waals surface area (Å²) < 4.78 is 5.98. The second kappa shape index (κ2) is 5.41. The average Bonchev–Trinajstić information content (AvgIpc) is 2.75. The molecule has 0 unspecified atom stereocenters. The molecule has 0 bridgehead atoms. The molecule has 0 aliphatic carbocycles. The smallest absolute Gasteiger partial charge is 0.227 e. The predicted octanol–water partition coefficient (Wildman–Crippen LogP) is 3.07. The minimum Gasteiger partial charge on any atom is -0.339 e. The van der Waals surface area contributed by atoms with Gasteiger partial charge in [-0.05, 0) is 28.4 Å². The molecule has 0 amide bonds. The lowest BCUT2D eigenvalue weighted by Gasteiger charge is -1.93. The highest BCUT2D eigenvalue weighted by Crippen LogP contribution is 2.19. The Morgan fingerprint density at radius 2 is 2.25 bits per heavy atom. The van der Waals surface area contributed by atoms with Crippen LogP contribution in [0.2, 0.25) is 0 Å². The van der Waals surface area contributed by atoms with Gasteiger partial charge in [-0.3, -0.25) is 4.98 Å². The van der Waals surface area contributed by atoms with Crippen molar-refractivity contribution in [3.05, 3.63) is 28.8 Å². The Morgan fingerprint density at radius 3 is 3.00 bits per heavy atom. The average molecular weight is 303 g/mol. The van der Waals surface area contributed by atoms with E-state index < -0.39 is 0 Å². The van der Waals surface area contributed by atoms with Crippen LogP contribution in [0.5, 0.6) is 0 Å². The normalized spacial score (nSPS) is 10.6. The highest BCUT2D eigenvalue weighted by molar-refractivity contribution is 9.10. The topological polar surface area (TPSA) is 51.8 Å². The minimum atomic E-state index is 0.554. The van der Waals surface area contributed by atoms with Crippen molar-refractivity contribution in [1.82, 2.24) is 15.1 Å². The Kier molecular flexibility index (Phi) is 3.90. The van der Waals surface area contributed by atoms with Gasteiger partial charge in [-0.15, -0.1) is 11.6 Å². The van der Waals surface area contributed by atoms with E-state index >= 15 is 0 Å². The molecule has 0 saturated heterocycles. The molecule has 0 fully saturated rings. The third kappa shape index (κ3) is 2.80. The van der Waals surface area contributed by atoms with E-state index in [2.05, 4.69) is 31.1 Å². The summed E-state index contributed by atoms with van der Waals surface area (Å²) in [5.74, 6) is 1.75. The van der Waals surface area contributed by atoms with Crippen LogP contribution in [0, 0.1) is 0 Å². The van der Waals surface area contributed by atoms with Crippen LogP contribution in [0.25, 0.3) is 11.4 Å². The molecule has 0 aliphatic rings. The van der Waals surface area contributed by atoms with Crippen LogP contribution < -0.4 is 0 Å². The zero-order chi connectivity index (χ0) is 11.4. The van der Waals surface area contributed by atoms with Crippen LogP contribution in [0.1, 0.15) is 12.3 Å². The molecule has 2 aromatic heterocycles. The van der Waals surface area contributed by atoms with Crippen molar-refractivity contribution >= 4 is 27.5 Å². The molecule has 16 heavy (non-hydrogen) atoms. The van der Waals surface area contributed by atoms with Crippen molar-refractivity contribution in [2.24, 2.45) is 0 Å². The van der Waals surface area contributed by atoms with Gasteiger partial charge in [0.25, 0.3) is 0 Å². The Morgan fingerprint density at radius 1 is 1.38 bits per heavy atom. The molecular formula is C10H9BrClN3O. The fourth-order valence-electron chi connectivity index (χ4n) is 1.23. The second-order valence-corrected chi connectivity index (χ2v) is 4.49. The summed E-state index contributed by atoms with van der Waals surface area (Å²) in [4.78, 5) is 8.30. The van der Waals surface area contributed by atoms with Gasteiger partial charge < -0.3 is 4.52 Å². The molecule has 0 radical (unpaired) electrons. The third-order valence-corrected chi connectivity index (χ3v) is 2.66. The van der Waals surface area contributed by atoms with Crippen molar-refractivity contribution in [2.75, 3.05) is 5.88 Å². The standard InChI is InChI=1S/C10H9BrClN3O/c11-8-4-7(5-13-6-8)10-14-9(16-15-10)2-1-3-12/h4-6H,1-3H2. The first-order chi connectivity index (χ1) is 7.79. The Hall–Kier alpha value is -0.940. The largest absolute Gasteiger partial charge is 0.339 e. The van der Waals surface area contributed by atoms with Crippen LogP contribution in [-0.2, 0) is 6.42 Å². The fraction of sp³-hybridized carbons (Fsp3) is 0.300. The first-order valence-corrected chi connectivity index (χ1v) is 6.12. The Bertz CT molecular complexity index is 475. The second-order valence-electron chi connectivity index (χ2n) is 3.20. The summed E-state index contributed by atoms with van der Waals surface area (Å²) in [5, 5.41) is 3.89. The minimum absolute atomic E-state index is 0.554. The first-order valence-electron chi connectivity index (χ1n) is 4.79. The molecular weight excluding hydrogens is 293 g/mol. The van der Waals surface area contributed by atoms with Crippen molar-refractivity contribution in [3.63, 3.8) is 0 Å². The van der Waals surface area contributed by atoms with Crippen molar-refractivity contribution in [2.45, 2.75) is 12.8 Å². The molecule has 0 saturated carbocycles. The number of hydrogen-bond donors (Lipinski definition) is 0. The van der Waals surface area contributed by atoms with Crippen LogP contribution in [-0.4, -0.2) is 21.0 Å². The highest BCUT2D eigenvalue weighted by Gasteiger charge is 2.08. The maximum atomic E-state index is 5.59. The van der Waals surface area contributed by atoms with E-state index in [4.69, 9.17) is 16.1 Å². The van der Waals surface area contributed by atoms with E-state index in [1.54, 1.807) is 12.4 Å². The lowest BCUT2D eigenvalue weighted by molar-refractivity contribution is 0.378. The molecule has 6 heteroatoms. The van der Waals surface area contributed by atoms with Crippen LogP contribution in [0.15, 0.2) is 27.5 Å². The third-order valence-electron chi connectivity index (χ3n) is 1.96. The zero-order valence-electron chi connectivity index (χ0n) is 8.36. The van der Waals surface area contributed by atoms with E-state index in [9.17, 15) is 0 Å². The summed E-state index contributed by atoms with van der Waals surface area (Å²) in [5.41, 5.74) is 0.829. The van der Waals surface area contributed by atoms with Crippen LogP contribution >= 0.6 is 27.5 Å². The molecule has 0 aliphatic heterocycles. The predicted molar refractivity (Wildman–Crippen MR) is 64.3 cm³/mol. The molecule has 0 aromatic carbocycles. The van der Waals surface area contributed by atoms with Gasteiger partial charge in [0, 0.05) is 34.7 Å². The summed E-state index contributed by atoms with van der Waals surface area (Å²) in [6.45, 7) is 0. The summed E-state index contributed by atoms with van der Waals surface area (Å²) in [6, 6.07) is 1.89. The summed E-state index contributed by atoms with van der Waals surface area (Å²) in [6.07, 6.45) is 4.94. The number of aromatic nitrogens is 3. The monoisotopic (exact) mass is 301 g/mol. The summed E-state index contributed by atoms with van der Waals surface area (Å²) >= 11 is 8.93. The van der Waals surface area contributed by atoms with Crippen LogP contribution in [0.3, 0.4) is 0 Å². The molecule has 2 rings (SSSR count). The van der Waals surface area contributed by atoms with Crippen molar-refractivity contribution < 1.29 is 4.52 Å². The number of rotatable bonds is 4. The SMILES string of the molecule is ClCCCc1nc(-c2cncc(Br)c2)no1. The van der Waals surface area contributed by atoms with Gasteiger partial charge in [0.2, 0.25) is 11.7 Å². The lowest BCUT2D eigenvalue weighted by Crippen LogP contribution is -1.87. The number of halogens is 2. The molecule has 0 N–H and O–H groups in total. The number of alkyl halides is 1. The molecule has 2 heterocycles. The van der Waals surface area contributed by atoms with Gasteiger partial charge in [0.15, 0.2) is 0 Å². The molecule has 4 nitrogen and oxygen atoms in total. The quantitative estimate of drug-likeness (QED) is 0.815. The van der Waals surface area contributed by atoms with Gasteiger partial charge in [-0.1, -0.05) is 5.16 Å². The van der Waals surface area contributed by atoms with E-state index in [0.29, 0.717) is 24.0 Å². The number of hydrogen-bond acceptors (Lipinski definition) is 4. The number of pyridine rings is 1. The van der Waals surface area contributed by atoms with Gasteiger partial charge in [-0.25, -0.2) is 0 Å². The first kappa shape index (κ1) is 11.5. The van der Waals surface area contributed by atoms with Gasteiger partial charge in [0.05, 0.1) is 0 Å².